The van der Waals surface area contributed by atoms with Crippen molar-refractivity contribution >= 4 is 44.6 Å². The van der Waals surface area contributed by atoms with Crippen molar-refractivity contribution in [3.63, 3.8) is 0 Å². The second-order valence-electron chi connectivity index (χ2n) is 6.88. The smallest absolute Gasteiger partial charge is 0.257 e. The Balaban J connectivity index is 1.61. The van der Waals surface area contributed by atoms with Crippen molar-refractivity contribution in [2.45, 2.75) is 4.90 Å². The van der Waals surface area contributed by atoms with E-state index >= 15 is 0 Å². The Labute approximate surface area is 180 Å². The topological polar surface area (TPSA) is 105 Å². The second kappa shape index (κ2) is 9.57. The molecule has 2 N–H and O–H groups in total. The van der Waals surface area contributed by atoms with E-state index in [4.69, 9.17) is 16.3 Å². The average molecular weight is 452 g/mol. The minimum atomic E-state index is -3.47. The molecular formula is C20H22ClN3O5S. The zero-order chi connectivity index (χ0) is 21.7. The van der Waals surface area contributed by atoms with E-state index in [2.05, 4.69) is 10.6 Å². The molecule has 160 valence electrons. The van der Waals surface area contributed by atoms with Gasteiger partial charge in [-0.15, -0.1) is 0 Å². The summed E-state index contributed by atoms with van der Waals surface area (Å²) in [5.41, 5.74) is 1.14. The largest absolute Gasteiger partial charge is 0.379 e. The number of hydrogen-bond donors (Lipinski definition) is 2. The Bertz CT molecular complexity index is 1030. The van der Waals surface area contributed by atoms with Gasteiger partial charge >= 0.3 is 0 Å². The van der Waals surface area contributed by atoms with Gasteiger partial charge in [0.25, 0.3) is 5.91 Å². The maximum absolute atomic E-state index is 12.5. The SMILES string of the molecule is CS(=O)(=O)c1ccc(Cl)c(C(=O)Nc2ccc(NC(=O)CN3CCOCC3)cc2)c1. The Morgan fingerprint density at radius 2 is 1.63 bits per heavy atom. The lowest BCUT2D eigenvalue weighted by Crippen LogP contribution is -2.41. The summed E-state index contributed by atoms with van der Waals surface area (Å²) in [7, 11) is -3.47. The quantitative estimate of drug-likeness (QED) is 0.698. The summed E-state index contributed by atoms with van der Waals surface area (Å²) in [4.78, 5) is 26.7. The van der Waals surface area contributed by atoms with Crippen molar-refractivity contribution in [1.29, 1.82) is 0 Å². The molecule has 0 saturated carbocycles. The number of amides is 2. The Kier molecular flexibility index (Phi) is 7.09. The molecule has 0 radical (unpaired) electrons. The highest BCUT2D eigenvalue weighted by Crippen LogP contribution is 2.22. The van der Waals surface area contributed by atoms with Crippen LogP contribution >= 0.6 is 11.6 Å². The third kappa shape index (κ3) is 6.02. The van der Waals surface area contributed by atoms with Crippen LogP contribution in [-0.2, 0) is 19.4 Å². The number of nitrogens with zero attached hydrogens (tertiary/aromatic N) is 1. The van der Waals surface area contributed by atoms with Crippen LogP contribution in [0.5, 0.6) is 0 Å². The van der Waals surface area contributed by atoms with Crippen LogP contribution in [0, 0.1) is 0 Å². The van der Waals surface area contributed by atoms with Crippen LogP contribution in [0.15, 0.2) is 47.4 Å². The second-order valence-corrected chi connectivity index (χ2v) is 9.30. The zero-order valence-electron chi connectivity index (χ0n) is 16.4. The molecule has 0 aliphatic carbocycles. The highest BCUT2D eigenvalue weighted by Gasteiger charge is 2.16. The van der Waals surface area contributed by atoms with E-state index in [-0.39, 0.29) is 27.9 Å². The number of hydrogen-bond acceptors (Lipinski definition) is 6. The molecule has 3 rings (SSSR count). The highest BCUT2D eigenvalue weighted by molar-refractivity contribution is 7.90. The number of halogens is 1. The molecule has 2 aromatic rings. The van der Waals surface area contributed by atoms with E-state index in [1.165, 1.54) is 18.2 Å². The third-order valence-electron chi connectivity index (χ3n) is 4.51. The molecule has 1 aliphatic rings. The molecule has 1 heterocycles. The standard InChI is InChI=1S/C20H22ClN3O5S/c1-30(27,28)16-6-7-18(21)17(12-16)20(26)23-15-4-2-14(3-5-15)22-19(25)13-24-8-10-29-11-9-24/h2-7,12H,8-11,13H2,1H3,(H,22,25)(H,23,26). The van der Waals surface area contributed by atoms with E-state index in [0.717, 1.165) is 19.3 Å². The van der Waals surface area contributed by atoms with Crippen LogP contribution in [0.2, 0.25) is 5.02 Å². The number of ether oxygens (including phenoxy) is 1. The summed E-state index contributed by atoms with van der Waals surface area (Å²) in [6.45, 7) is 2.98. The maximum Gasteiger partial charge on any atom is 0.257 e. The molecule has 1 saturated heterocycles. The van der Waals surface area contributed by atoms with Crippen LogP contribution in [0.3, 0.4) is 0 Å². The molecule has 10 heteroatoms. The van der Waals surface area contributed by atoms with Gasteiger partial charge in [-0.1, -0.05) is 11.6 Å². The van der Waals surface area contributed by atoms with Gasteiger partial charge in [-0.2, -0.15) is 0 Å². The minimum Gasteiger partial charge on any atom is -0.379 e. The van der Waals surface area contributed by atoms with Crippen molar-refractivity contribution in [3.05, 3.63) is 53.1 Å². The fourth-order valence-corrected chi connectivity index (χ4v) is 3.76. The predicted molar refractivity (Wildman–Crippen MR) is 115 cm³/mol. The number of benzene rings is 2. The van der Waals surface area contributed by atoms with E-state index < -0.39 is 15.7 Å². The van der Waals surface area contributed by atoms with Crippen molar-refractivity contribution in [1.82, 2.24) is 4.90 Å². The molecule has 2 aromatic carbocycles. The van der Waals surface area contributed by atoms with Gasteiger partial charge < -0.3 is 15.4 Å². The van der Waals surface area contributed by atoms with Crippen molar-refractivity contribution in [2.24, 2.45) is 0 Å². The summed E-state index contributed by atoms with van der Waals surface area (Å²) in [5.74, 6) is -0.660. The van der Waals surface area contributed by atoms with Crippen LogP contribution in [0.4, 0.5) is 11.4 Å². The number of sulfone groups is 1. The number of nitrogens with one attached hydrogen (secondary N) is 2. The van der Waals surface area contributed by atoms with Crippen molar-refractivity contribution < 1.29 is 22.7 Å². The number of carbonyl (C=O) groups is 2. The lowest BCUT2D eigenvalue weighted by atomic mass is 10.2. The van der Waals surface area contributed by atoms with Crippen LogP contribution < -0.4 is 10.6 Å². The Morgan fingerprint density at radius 3 is 2.23 bits per heavy atom. The van der Waals surface area contributed by atoms with Crippen LogP contribution in [-0.4, -0.2) is 64.2 Å². The lowest BCUT2D eigenvalue weighted by molar-refractivity contribution is -0.118. The van der Waals surface area contributed by atoms with Gasteiger partial charge in [0.15, 0.2) is 9.84 Å². The number of anilines is 2. The average Bonchev–Trinajstić information content (AvgIpc) is 2.69. The highest BCUT2D eigenvalue weighted by atomic mass is 35.5. The summed E-state index contributed by atoms with van der Waals surface area (Å²) in [5, 5.41) is 5.63. The molecule has 0 unspecified atom stereocenters. The fraction of sp³-hybridized carbons (Fsp3) is 0.300. The molecule has 0 spiro atoms. The predicted octanol–water partition coefficient (Wildman–Crippen LogP) is 2.27. The van der Waals surface area contributed by atoms with Gasteiger partial charge in [-0.25, -0.2) is 8.42 Å². The molecule has 1 fully saturated rings. The zero-order valence-corrected chi connectivity index (χ0v) is 17.9. The molecular weight excluding hydrogens is 430 g/mol. The van der Waals surface area contributed by atoms with Crippen LogP contribution in [0.25, 0.3) is 0 Å². The molecule has 0 atom stereocenters. The number of rotatable bonds is 6. The first-order chi connectivity index (χ1) is 14.2. The first-order valence-corrected chi connectivity index (χ1v) is 11.5. The molecule has 8 nitrogen and oxygen atoms in total. The van der Waals surface area contributed by atoms with Crippen molar-refractivity contribution in [2.75, 3.05) is 49.7 Å². The third-order valence-corrected chi connectivity index (χ3v) is 5.95. The van der Waals surface area contributed by atoms with E-state index in [0.29, 0.717) is 24.6 Å². The molecule has 0 aromatic heterocycles. The van der Waals surface area contributed by atoms with E-state index in [1.54, 1.807) is 24.3 Å². The van der Waals surface area contributed by atoms with Crippen molar-refractivity contribution in [3.8, 4) is 0 Å². The van der Waals surface area contributed by atoms with Gasteiger partial charge in [-0.3, -0.25) is 14.5 Å². The monoisotopic (exact) mass is 451 g/mol. The fourth-order valence-electron chi connectivity index (χ4n) is 2.91. The van der Waals surface area contributed by atoms with Crippen LogP contribution in [0.1, 0.15) is 10.4 Å². The summed E-state index contributed by atoms with van der Waals surface area (Å²) < 4.78 is 28.7. The van der Waals surface area contributed by atoms with Gasteiger partial charge in [0, 0.05) is 30.7 Å². The van der Waals surface area contributed by atoms with Gasteiger partial charge in [-0.05, 0) is 42.5 Å². The van der Waals surface area contributed by atoms with E-state index in [9.17, 15) is 18.0 Å². The summed E-state index contributed by atoms with van der Waals surface area (Å²) in [6, 6.07) is 10.6. The number of morpholine rings is 1. The molecule has 1 aliphatic heterocycles. The first kappa shape index (κ1) is 22.2. The normalized spacial score (nSPS) is 14.9. The Morgan fingerprint density at radius 1 is 1.03 bits per heavy atom. The summed E-state index contributed by atoms with van der Waals surface area (Å²) >= 11 is 6.05. The molecule has 30 heavy (non-hydrogen) atoms. The van der Waals surface area contributed by atoms with Gasteiger partial charge in [0.05, 0.1) is 35.2 Å². The minimum absolute atomic E-state index is 0.00961. The summed E-state index contributed by atoms with van der Waals surface area (Å²) in [6.07, 6.45) is 1.06. The molecule has 2 amide bonds. The first-order valence-electron chi connectivity index (χ1n) is 9.23. The lowest BCUT2D eigenvalue weighted by Gasteiger charge is -2.25. The maximum atomic E-state index is 12.5. The van der Waals surface area contributed by atoms with E-state index in [1.807, 2.05) is 4.90 Å². The Hall–Kier alpha value is -2.46. The van der Waals surface area contributed by atoms with Gasteiger partial charge in [0.2, 0.25) is 5.91 Å². The number of carbonyl (C=O) groups excluding carboxylic acids is 2. The molecule has 0 bridgehead atoms. The van der Waals surface area contributed by atoms with Gasteiger partial charge in [0.1, 0.15) is 0 Å².